The summed E-state index contributed by atoms with van der Waals surface area (Å²) in [6, 6.07) is 7.13. The van der Waals surface area contributed by atoms with Crippen molar-refractivity contribution < 1.29 is 8.53 Å². The van der Waals surface area contributed by atoms with Crippen LogP contribution in [0.25, 0.3) is 6.08 Å². The number of benzene rings is 1. The first kappa shape index (κ1) is 9.87. The van der Waals surface area contributed by atoms with E-state index in [1.165, 1.54) is 6.08 Å². The van der Waals surface area contributed by atoms with Crippen LogP contribution < -0.4 is 10.1 Å². The maximum absolute atomic E-state index is 10.5. The van der Waals surface area contributed by atoms with Gasteiger partial charge in [0.1, 0.15) is 0 Å². The van der Waals surface area contributed by atoms with E-state index < -0.39 is 21.6 Å². The van der Waals surface area contributed by atoms with E-state index in [1.54, 1.807) is 30.3 Å². The molecule has 1 amide bonds. The Morgan fingerprint density at radius 2 is 1.92 bits per heavy atom. The Kier molecular flexibility index (Phi) is 3.59. The van der Waals surface area contributed by atoms with E-state index in [1.807, 2.05) is 0 Å². The summed E-state index contributed by atoms with van der Waals surface area (Å²) < 4.78 is 11.3. The van der Waals surface area contributed by atoms with Gasteiger partial charge in [0.05, 0.1) is 0 Å². The second-order valence-electron chi connectivity index (χ2n) is 2.42. The molecule has 0 saturated carbocycles. The molecule has 0 aliphatic heterocycles. The van der Waals surface area contributed by atoms with Gasteiger partial charge >= 0.3 is 82.2 Å². The van der Waals surface area contributed by atoms with Gasteiger partial charge in [-0.15, -0.1) is 0 Å². The van der Waals surface area contributed by atoms with Crippen molar-refractivity contribution in [1.82, 2.24) is 0 Å². The molecule has 2 N–H and O–H groups in total. The van der Waals surface area contributed by atoms with Crippen LogP contribution in [0.5, 0.6) is 0 Å². The van der Waals surface area contributed by atoms with Crippen LogP contribution in [0.4, 0.5) is 0 Å². The Labute approximate surface area is 82.5 Å². The topological polar surface area (TPSA) is 60.2 Å². The van der Waals surface area contributed by atoms with Crippen LogP contribution in [0.3, 0.4) is 0 Å². The maximum atomic E-state index is 10.5. The number of carbonyl (C=O) groups is 1. The molecule has 0 aliphatic carbocycles. The Bertz CT molecular complexity index is 343. The molecule has 66 valence electrons. The van der Waals surface area contributed by atoms with Gasteiger partial charge in [0.2, 0.25) is 0 Å². The SMILES string of the molecule is NC(=O)/C=C/c1ccc([As]=O)cc1. The fourth-order valence-corrected chi connectivity index (χ4v) is 1.39. The summed E-state index contributed by atoms with van der Waals surface area (Å²) in [4.78, 5) is 10.4. The zero-order valence-electron chi connectivity index (χ0n) is 6.81. The quantitative estimate of drug-likeness (QED) is 0.587. The first-order valence-corrected chi connectivity index (χ1v) is 5.34. The first-order chi connectivity index (χ1) is 6.22. The number of amides is 1. The van der Waals surface area contributed by atoms with Crippen molar-refractivity contribution in [3.05, 3.63) is 35.9 Å². The van der Waals surface area contributed by atoms with Crippen LogP contribution in [0.1, 0.15) is 5.56 Å². The summed E-state index contributed by atoms with van der Waals surface area (Å²) in [5.74, 6) is -0.473. The Hall–Kier alpha value is -1.21. The van der Waals surface area contributed by atoms with Crippen molar-refractivity contribution in [3.63, 3.8) is 0 Å². The molecule has 13 heavy (non-hydrogen) atoms. The van der Waals surface area contributed by atoms with Gasteiger partial charge in [-0.2, -0.15) is 0 Å². The molecule has 0 radical (unpaired) electrons. The van der Waals surface area contributed by atoms with E-state index in [4.69, 9.17) is 5.73 Å². The monoisotopic (exact) mass is 237 g/mol. The van der Waals surface area contributed by atoms with E-state index in [-0.39, 0.29) is 0 Å². The van der Waals surface area contributed by atoms with E-state index in [0.717, 1.165) is 9.91 Å². The molecular weight excluding hydrogens is 229 g/mol. The van der Waals surface area contributed by atoms with Gasteiger partial charge in [-0.05, 0) is 0 Å². The van der Waals surface area contributed by atoms with Crippen LogP contribution in [0, 0.1) is 0 Å². The van der Waals surface area contributed by atoms with Crippen LogP contribution >= 0.6 is 0 Å². The molecule has 0 unspecified atom stereocenters. The van der Waals surface area contributed by atoms with Crippen LogP contribution in [0.15, 0.2) is 30.3 Å². The standard InChI is InChI=1S/C9H8AsNO2/c11-9(12)6-3-7-1-4-8(10-13)5-2-7/h1-6H,(H2,11,12)/b6-3+. The average molecular weight is 237 g/mol. The Morgan fingerprint density at radius 3 is 2.38 bits per heavy atom. The molecule has 1 rings (SSSR count). The second-order valence-corrected chi connectivity index (χ2v) is 3.89. The van der Waals surface area contributed by atoms with E-state index in [9.17, 15) is 8.53 Å². The van der Waals surface area contributed by atoms with Crippen LogP contribution in [-0.2, 0) is 8.53 Å². The van der Waals surface area contributed by atoms with E-state index >= 15 is 0 Å². The third-order valence-corrected chi connectivity index (χ3v) is 2.51. The van der Waals surface area contributed by atoms with E-state index in [2.05, 4.69) is 0 Å². The molecule has 0 heterocycles. The van der Waals surface area contributed by atoms with E-state index in [0.29, 0.717) is 0 Å². The van der Waals surface area contributed by atoms with Crippen LogP contribution in [-0.4, -0.2) is 21.6 Å². The molecule has 0 saturated heterocycles. The van der Waals surface area contributed by atoms with Gasteiger partial charge in [0.25, 0.3) is 0 Å². The van der Waals surface area contributed by atoms with Gasteiger partial charge in [-0.25, -0.2) is 0 Å². The summed E-state index contributed by atoms with van der Waals surface area (Å²) in [5, 5.41) is 0. The van der Waals surface area contributed by atoms with Gasteiger partial charge in [0.15, 0.2) is 0 Å². The normalized spacial score (nSPS) is 10.8. The van der Waals surface area contributed by atoms with Gasteiger partial charge in [0, 0.05) is 0 Å². The predicted molar refractivity (Wildman–Crippen MR) is 50.7 cm³/mol. The van der Waals surface area contributed by atoms with Crippen molar-refractivity contribution in [1.29, 1.82) is 0 Å². The molecule has 0 aromatic heterocycles. The van der Waals surface area contributed by atoms with Crippen LogP contribution in [0.2, 0.25) is 0 Å². The molecule has 1 aromatic carbocycles. The zero-order chi connectivity index (χ0) is 9.68. The molecular formula is C9H8AsNO2. The van der Waals surface area contributed by atoms with Crippen molar-refractivity contribution in [2.24, 2.45) is 5.73 Å². The predicted octanol–water partition coefficient (Wildman–Crippen LogP) is -0.140. The first-order valence-electron chi connectivity index (χ1n) is 3.63. The fourth-order valence-electron chi connectivity index (χ4n) is 0.825. The number of primary amides is 1. The number of carbonyl (C=O) groups excluding carboxylic acids is 1. The summed E-state index contributed by atoms with van der Waals surface area (Å²) in [6.45, 7) is 0. The van der Waals surface area contributed by atoms with Crippen molar-refractivity contribution in [3.8, 4) is 0 Å². The Balaban J connectivity index is 2.80. The summed E-state index contributed by atoms with van der Waals surface area (Å²) in [5.41, 5.74) is 5.80. The van der Waals surface area contributed by atoms with Crippen molar-refractivity contribution >= 4 is 32.0 Å². The van der Waals surface area contributed by atoms with Gasteiger partial charge < -0.3 is 0 Å². The summed E-state index contributed by atoms with van der Waals surface area (Å²) >= 11 is -0.963. The molecule has 3 nitrogen and oxygen atoms in total. The molecule has 4 heteroatoms. The number of hydrogen-bond donors (Lipinski definition) is 1. The summed E-state index contributed by atoms with van der Waals surface area (Å²) in [7, 11) is 0. The molecule has 0 bridgehead atoms. The molecule has 0 fully saturated rings. The fraction of sp³-hybridized carbons (Fsp3) is 0. The van der Waals surface area contributed by atoms with Gasteiger partial charge in [-0.1, -0.05) is 0 Å². The summed E-state index contributed by atoms with van der Waals surface area (Å²) in [6.07, 6.45) is 2.91. The average Bonchev–Trinajstić information content (AvgIpc) is 2.15. The third-order valence-electron chi connectivity index (χ3n) is 1.44. The second kappa shape index (κ2) is 4.73. The number of nitrogens with two attached hydrogens (primary N) is 1. The molecule has 1 aromatic rings. The van der Waals surface area contributed by atoms with Crippen molar-refractivity contribution in [2.75, 3.05) is 0 Å². The molecule has 0 spiro atoms. The minimum absolute atomic E-state index is 0.473. The minimum atomic E-state index is -0.963. The number of hydrogen-bond acceptors (Lipinski definition) is 2. The van der Waals surface area contributed by atoms with Crippen molar-refractivity contribution in [2.45, 2.75) is 0 Å². The Morgan fingerprint density at radius 1 is 1.31 bits per heavy atom. The number of rotatable bonds is 3. The molecule has 0 atom stereocenters. The van der Waals surface area contributed by atoms with Gasteiger partial charge in [-0.3, -0.25) is 0 Å². The zero-order valence-corrected chi connectivity index (χ0v) is 8.68. The molecule has 0 aliphatic rings. The third kappa shape index (κ3) is 3.34.